The van der Waals surface area contributed by atoms with Crippen molar-refractivity contribution in [2.75, 3.05) is 0 Å². The van der Waals surface area contributed by atoms with Gasteiger partial charge in [0.2, 0.25) is 11.8 Å². The quantitative estimate of drug-likeness (QED) is 0.409. The minimum atomic E-state index is -0.640. The molecule has 1 N–H and O–H groups in total. The predicted molar refractivity (Wildman–Crippen MR) is 138 cm³/mol. The SMILES string of the molecule is CC[C@@H](C(=O)NC(C)(C)C)N(Cc1ccc(F)cc1)C(=O)CC(c1ccccc1)c1ccccc1. The van der Waals surface area contributed by atoms with Gasteiger partial charge >= 0.3 is 0 Å². The Bertz CT molecular complexity index is 1050. The van der Waals surface area contributed by atoms with E-state index in [0.717, 1.165) is 16.7 Å². The molecule has 0 fully saturated rings. The molecular weight excluding hydrogens is 439 g/mol. The van der Waals surface area contributed by atoms with E-state index in [0.29, 0.717) is 6.42 Å². The molecule has 0 heterocycles. The number of nitrogens with one attached hydrogen (secondary N) is 1. The zero-order valence-corrected chi connectivity index (χ0v) is 21.0. The Hall–Kier alpha value is -3.47. The fourth-order valence-electron chi connectivity index (χ4n) is 4.25. The van der Waals surface area contributed by atoms with Crippen molar-refractivity contribution < 1.29 is 14.0 Å². The highest BCUT2D eigenvalue weighted by Gasteiger charge is 2.32. The number of hydrogen-bond donors (Lipinski definition) is 1. The molecule has 0 aliphatic carbocycles. The van der Waals surface area contributed by atoms with Crippen LogP contribution in [0.25, 0.3) is 0 Å². The van der Waals surface area contributed by atoms with Crippen molar-refractivity contribution in [2.45, 2.75) is 64.6 Å². The molecule has 0 aliphatic heterocycles. The third-order valence-electron chi connectivity index (χ3n) is 5.93. The highest BCUT2D eigenvalue weighted by molar-refractivity contribution is 5.88. The second kappa shape index (κ2) is 11.8. The van der Waals surface area contributed by atoms with E-state index in [1.807, 2.05) is 88.4 Å². The highest BCUT2D eigenvalue weighted by atomic mass is 19.1. The molecule has 0 bridgehead atoms. The van der Waals surface area contributed by atoms with Crippen molar-refractivity contribution in [3.05, 3.63) is 107 Å². The van der Waals surface area contributed by atoms with Gasteiger partial charge in [0.25, 0.3) is 0 Å². The molecule has 2 amide bonds. The lowest BCUT2D eigenvalue weighted by Crippen LogP contribution is -2.53. The maximum atomic E-state index is 13.9. The van der Waals surface area contributed by atoms with E-state index in [-0.39, 0.29) is 36.5 Å². The lowest BCUT2D eigenvalue weighted by atomic mass is 9.88. The number of rotatable bonds is 9. The van der Waals surface area contributed by atoms with Crippen LogP contribution in [0, 0.1) is 5.82 Å². The number of nitrogens with zero attached hydrogens (tertiary/aromatic N) is 1. The average molecular weight is 475 g/mol. The molecule has 1 atom stereocenters. The number of halogens is 1. The largest absolute Gasteiger partial charge is 0.350 e. The Morgan fingerprint density at radius 3 is 1.83 bits per heavy atom. The number of amides is 2. The summed E-state index contributed by atoms with van der Waals surface area (Å²) in [6.45, 7) is 7.90. The first kappa shape index (κ1) is 26.1. The van der Waals surface area contributed by atoms with Crippen molar-refractivity contribution in [3.63, 3.8) is 0 Å². The van der Waals surface area contributed by atoms with E-state index in [1.165, 1.54) is 12.1 Å². The lowest BCUT2D eigenvalue weighted by molar-refractivity contribution is -0.142. The second-order valence-electron chi connectivity index (χ2n) is 9.89. The van der Waals surface area contributed by atoms with Crippen molar-refractivity contribution >= 4 is 11.8 Å². The fourth-order valence-corrected chi connectivity index (χ4v) is 4.25. The summed E-state index contributed by atoms with van der Waals surface area (Å²) in [5, 5.41) is 3.02. The molecule has 3 rings (SSSR count). The maximum Gasteiger partial charge on any atom is 0.243 e. The standard InChI is InChI=1S/C30H35FN2O2/c1-5-27(29(35)32-30(2,3)4)33(21-22-16-18-25(31)19-17-22)28(34)20-26(23-12-8-6-9-13-23)24-14-10-7-11-15-24/h6-19,26-27H,5,20-21H2,1-4H3,(H,32,35)/t27-/m0/s1. The molecule has 3 aromatic carbocycles. The molecule has 0 saturated heterocycles. The summed E-state index contributed by atoms with van der Waals surface area (Å²) >= 11 is 0. The summed E-state index contributed by atoms with van der Waals surface area (Å²) in [5.41, 5.74) is 2.44. The second-order valence-corrected chi connectivity index (χ2v) is 9.89. The average Bonchev–Trinajstić information content (AvgIpc) is 2.83. The Balaban J connectivity index is 1.96. The van der Waals surface area contributed by atoms with E-state index >= 15 is 0 Å². The summed E-state index contributed by atoms with van der Waals surface area (Å²) in [4.78, 5) is 28.8. The van der Waals surface area contributed by atoms with Gasteiger partial charge in [0.05, 0.1) is 0 Å². The third-order valence-corrected chi connectivity index (χ3v) is 5.93. The van der Waals surface area contributed by atoms with Crippen LogP contribution < -0.4 is 5.32 Å². The molecular formula is C30H35FN2O2. The third kappa shape index (κ3) is 7.51. The van der Waals surface area contributed by atoms with Crippen LogP contribution in [0.15, 0.2) is 84.9 Å². The van der Waals surface area contributed by atoms with Crippen molar-refractivity contribution in [3.8, 4) is 0 Å². The molecule has 4 nitrogen and oxygen atoms in total. The summed E-state index contributed by atoms with van der Waals surface area (Å²) in [5.74, 6) is -0.796. The molecule has 35 heavy (non-hydrogen) atoms. The van der Waals surface area contributed by atoms with Crippen LogP contribution in [0.5, 0.6) is 0 Å². The number of benzene rings is 3. The van der Waals surface area contributed by atoms with Crippen molar-refractivity contribution in [1.82, 2.24) is 10.2 Å². The van der Waals surface area contributed by atoms with Gasteiger partial charge in [-0.1, -0.05) is 79.7 Å². The normalized spacial score (nSPS) is 12.3. The fraction of sp³-hybridized carbons (Fsp3) is 0.333. The Morgan fingerprint density at radius 1 is 0.857 bits per heavy atom. The predicted octanol–water partition coefficient (Wildman–Crippen LogP) is 6.07. The molecule has 184 valence electrons. The molecule has 5 heteroatoms. The maximum absolute atomic E-state index is 13.9. The van der Waals surface area contributed by atoms with Gasteiger partial charge in [0.15, 0.2) is 0 Å². The number of carbonyl (C=O) groups is 2. The van der Waals surface area contributed by atoms with Gasteiger partial charge in [0, 0.05) is 24.4 Å². The number of hydrogen-bond acceptors (Lipinski definition) is 2. The van der Waals surface area contributed by atoms with E-state index in [4.69, 9.17) is 0 Å². The molecule has 0 aliphatic rings. The lowest BCUT2D eigenvalue weighted by Gasteiger charge is -2.34. The highest BCUT2D eigenvalue weighted by Crippen LogP contribution is 2.29. The monoisotopic (exact) mass is 474 g/mol. The van der Waals surface area contributed by atoms with Crippen LogP contribution in [0.3, 0.4) is 0 Å². The number of carbonyl (C=O) groups excluding carboxylic acids is 2. The van der Waals surface area contributed by atoms with Gasteiger partial charge in [-0.05, 0) is 56.0 Å². The van der Waals surface area contributed by atoms with Crippen molar-refractivity contribution in [2.24, 2.45) is 0 Å². The van der Waals surface area contributed by atoms with Crippen LogP contribution >= 0.6 is 0 Å². The van der Waals surface area contributed by atoms with Gasteiger partial charge in [-0.3, -0.25) is 9.59 Å². The Labute approximate surface area is 208 Å². The smallest absolute Gasteiger partial charge is 0.243 e. The first-order valence-corrected chi connectivity index (χ1v) is 12.1. The van der Waals surface area contributed by atoms with E-state index in [2.05, 4.69) is 5.32 Å². The molecule has 0 spiro atoms. The van der Waals surface area contributed by atoms with E-state index < -0.39 is 11.6 Å². The first-order chi connectivity index (χ1) is 16.7. The van der Waals surface area contributed by atoms with E-state index in [1.54, 1.807) is 17.0 Å². The summed E-state index contributed by atoms with van der Waals surface area (Å²) in [7, 11) is 0. The molecule has 0 aromatic heterocycles. The zero-order valence-electron chi connectivity index (χ0n) is 21.0. The van der Waals surface area contributed by atoms with E-state index in [9.17, 15) is 14.0 Å². The van der Waals surface area contributed by atoms with Gasteiger partial charge in [-0.15, -0.1) is 0 Å². The molecule has 3 aromatic rings. The minimum absolute atomic E-state index is 0.122. The topological polar surface area (TPSA) is 49.4 Å². The summed E-state index contributed by atoms with van der Waals surface area (Å²) in [6, 6.07) is 25.3. The van der Waals surface area contributed by atoms with Crippen molar-refractivity contribution in [1.29, 1.82) is 0 Å². The van der Waals surface area contributed by atoms with Crippen LogP contribution in [0.4, 0.5) is 4.39 Å². The van der Waals surface area contributed by atoms with Crippen LogP contribution in [0.2, 0.25) is 0 Å². The summed E-state index contributed by atoms with van der Waals surface area (Å²) in [6.07, 6.45) is 0.685. The van der Waals surface area contributed by atoms with Crippen LogP contribution in [0.1, 0.15) is 63.1 Å². The molecule has 0 saturated carbocycles. The summed E-state index contributed by atoms with van der Waals surface area (Å²) < 4.78 is 13.5. The van der Waals surface area contributed by atoms with Crippen LogP contribution in [-0.2, 0) is 16.1 Å². The molecule has 0 unspecified atom stereocenters. The first-order valence-electron chi connectivity index (χ1n) is 12.1. The Morgan fingerprint density at radius 2 is 1.37 bits per heavy atom. The zero-order chi connectivity index (χ0) is 25.4. The van der Waals surface area contributed by atoms with Gasteiger partial charge < -0.3 is 10.2 Å². The van der Waals surface area contributed by atoms with Gasteiger partial charge in [-0.2, -0.15) is 0 Å². The molecule has 0 radical (unpaired) electrons. The minimum Gasteiger partial charge on any atom is -0.350 e. The van der Waals surface area contributed by atoms with Crippen LogP contribution in [-0.4, -0.2) is 28.3 Å². The Kier molecular flexibility index (Phi) is 8.80. The van der Waals surface area contributed by atoms with Gasteiger partial charge in [-0.25, -0.2) is 4.39 Å². The van der Waals surface area contributed by atoms with Gasteiger partial charge in [0.1, 0.15) is 11.9 Å².